The number of imidazole rings is 1. The van der Waals surface area contributed by atoms with E-state index in [4.69, 9.17) is 0 Å². The van der Waals surface area contributed by atoms with Gasteiger partial charge in [-0.3, -0.25) is 4.98 Å². The van der Waals surface area contributed by atoms with E-state index in [1.54, 1.807) is 37.3 Å². The van der Waals surface area contributed by atoms with E-state index in [0.717, 1.165) is 11.8 Å². The van der Waals surface area contributed by atoms with Crippen molar-refractivity contribution in [3.8, 4) is 11.3 Å². The van der Waals surface area contributed by atoms with E-state index in [9.17, 15) is 22.7 Å². The van der Waals surface area contributed by atoms with Crippen LogP contribution in [-0.2, 0) is 18.4 Å². The van der Waals surface area contributed by atoms with E-state index < -0.39 is 23.0 Å². The molecular formula is C22H21F4N3O. The number of nitrogens with one attached hydrogen (secondary N) is 1. The molecule has 0 spiro atoms. The fraction of sp³-hybridized carbons (Fsp3) is 0.364. The van der Waals surface area contributed by atoms with Crippen LogP contribution in [-0.4, -0.2) is 26.2 Å². The molecule has 0 aliphatic heterocycles. The van der Waals surface area contributed by atoms with Crippen molar-refractivity contribution in [1.29, 1.82) is 0 Å². The van der Waals surface area contributed by atoms with Gasteiger partial charge < -0.3 is 10.1 Å². The Hall–Kier alpha value is -2.74. The molecule has 3 aromatic rings. The molecule has 0 amide bonds. The molecule has 1 unspecified atom stereocenters. The highest BCUT2D eigenvalue weighted by atomic mass is 19.4. The third-order valence-corrected chi connectivity index (χ3v) is 5.71. The minimum absolute atomic E-state index is 0.120. The van der Waals surface area contributed by atoms with Gasteiger partial charge in [0.25, 0.3) is 0 Å². The number of hydrogen-bond acceptors (Lipinski definition) is 3. The summed E-state index contributed by atoms with van der Waals surface area (Å²) < 4.78 is 52.5. The van der Waals surface area contributed by atoms with E-state index in [2.05, 4.69) is 15.0 Å². The van der Waals surface area contributed by atoms with Gasteiger partial charge in [-0.2, -0.15) is 13.2 Å². The molecule has 0 radical (unpaired) electrons. The van der Waals surface area contributed by atoms with Gasteiger partial charge in [0.2, 0.25) is 0 Å². The second kappa shape index (κ2) is 7.19. The maximum atomic E-state index is 13.2. The van der Waals surface area contributed by atoms with Gasteiger partial charge in [-0.1, -0.05) is 24.3 Å². The highest BCUT2D eigenvalue weighted by Crippen LogP contribution is 2.59. The molecule has 1 aliphatic carbocycles. The van der Waals surface area contributed by atoms with Crippen molar-refractivity contribution < 1.29 is 22.7 Å². The van der Waals surface area contributed by atoms with Crippen molar-refractivity contribution in [2.75, 3.05) is 0 Å². The van der Waals surface area contributed by atoms with Gasteiger partial charge in [0, 0.05) is 30.3 Å². The molecule has 158 valence electrons. The predicted molar refractivity (Wildman–Crippen MR) is 103 cm³/mol. The first-order chi connectivity index (χ1) is 14.1. The lowest BCUT2D eigenvalue weighted by Crippen LogP contribution is -2.27. The summed E-state index contributed by atoms with van der Waals surface area (Å²) in [5, 5.41) is 10.9. The average molecular weight is 419 g/mol. The topological polar surface area (TPSA) is 61.8 Å². The Morgan fingerprint density at radius 2 is 1.73 bits per heavy atom. The summed E-state index contributed by atoms with van der Waals surface area (Å²) in [4.78, 5) is 11.1. The number of aromatic nitrogens is 3. The SMILES string of the molecule is CC(O)(Cc1ncc(CC2(C(F)(F)F)CC2)[nH]1)c1ccc(-c2ccc(F)cn2)cc1. The average Bonchev–Trinajstić information content (AvgIpc) is 3.36. The largest absolute Gasteiger partial charge is 0.394 e. The van der Waals surface area contributed by atoms with E-state index in [1.807, 2.05) is 0 Å². The number of alkyl halides is 3. The quantitative estimate of drug-likeness (QED) is 0.556. The third kappa shape index (κ3) is 4.09. The lowest BCUT2D eigenvalue weighted by Gasteiger charge is -2.23. The second-order valence-corrected chi connectivity index (χ2v) is 8.20. The zero-order valence-electron chi connectivity index (χ0n) is 16.3. The Bertz CT molecular complexity index is 1020. The molecule has 1 fully saturated rings. The highest BCUT2D eigenvalue weighted by Gasteiger charge is 2.62. The molecule has 1 aliphatic rings. The summed E-state index contributed by atoms with van der Waals surface area (Å²) in [6.45, 7) is 1.62. The van der Waals surface area contributed by atoms with Crippen molar-refractivity contribution in [2.45, 2.75) is 44.4 Å². The first-order valence-electron chi connectivity index (χ1n) is 9.62. The van der Waals surface area contributed by atoms with Gasteiger partial charge in [0.1, 0.15) is 11.6 Å². The van der Waals surface area contributed by atoms with Crippen LogP contribution in [0.2, 0.25) is 0 Å². The van der Waals surface area contributed by atoms with Crippen molar-refractivity contribution in [3.63, 3.8) is 0 Å². The standard InChI is InChI=1S/C22H21F4N3O/c1-20(30,15-4-2-14(3-5-15)18-7-6-16(23)12-27-18)11-19-28-13-17(29-19)10-21(8-9-21)22(24,25)26/h2-7,12-13,30H,8-11H2,1H3,(H,28,29). The summed E-state index contributed by atoms with van der Waals surface area (Å²) in [6.07, 6.45) is -1.38. The first-order valence-corrected chi connectivity index (χ1v) is 9.62. The van der Waals surface area contributed by atoms with Crippen molar-refractivity contribution in [2.24, 2.45) is 5.41 Å². The van der Waals surface area contributed by atoms with Crippen molar-refractivity contribution >= 4 is 0 Å². The Morgan fingerprint density at radius 3 is 2.30 bits per heavy atom. The maximum Gasteiger partial charge on any atom is 0.394 e. The molecule has 1 aromatic carbocycles. The highest BCUT2D eigenvalue weighted by molar-refractivity contribution is 5.59. The zero-order chi connectivity index (χ0) is 21.6. The number of halogens is 4. The number of benzene rings is 1. The van der Waals surface area contributed by atoms with Gasteiger partial charge in [0.05, 0.1) is 22.9 Å². The zero-order valence-corrected chi connectivity index (χ0v) is 16.3. The van der Waals surface area contributed by atoms with Crippen LogP contribution in [0.1, 0.15) is 36.8 Å². The Morgan fingerprint density at radius 1 is 1.03 bits per heavy atom. The number of H-pyrrole nitrogens is 1. The van der Waals surface area contributed by atoms with E-state index >= 15 is 0 Å². The molecule has 2 N–H and O–H groups in total. The summed E-state index contributed by atoms with van der Waals surface area (Å²) in [5.74, 6) is 0.0104. The van der Waals surface area contributed by atoms with Crippen LogP contribution < -0.4 is 0 Å². The van der Waals surface area contributed by atoms with Crippen molar-refractivity contribution in [1.82, 2.24) is 15.0 Å². The van der Waals surface area contributed by atoms with Crippen LogP contribution in [0.5, 0.6) is 0 Å². The lowest BCUT2D eigenvalue weighted by molar-refractivity contribution is -0.186. The van der Waals surface area contributed by atoms with Gasteiger partial charge in [-0.25, -0.2) is 9.37 Å². The Balaban J connectivity index is 1.45. The number of nitrogens with zero attached hydrogens (tertiary/aromatic N) is 2. The van der Waals surface area contributed by atoms with Crippen LogP contribution in [0.15, 0.2) is 48.8 Å². The molecule has 2 aromatic heterocycles. The smallest absolute Gasteiger partial charge is 0.385 e. The molecule has 0 saturated heterocycles. The van der Waals surface area contributed by atoms with Crippen LogP contribution in [0, 0.1) is 11.2 Å². The maximum absolute atomic E-state index is 13.2. The second-order valence-electron chi connectivity index (χ2n) is 8.20. The van der Waals surface area contributed by atoms with Gasteiger partial charge in [-0.15, -0.1) is 0 Å². The van der Waals surface area contributed by atoms with E-state index in [0.29, 0.717) is 22.8 Å². The minimum atomic E-state index is -4.22. The van der Waals surface area contributed by atoms with Crippen LogP contribution in [0.25, 0.3) is 11.3 Å². The summed E-state index contributed by atoms with van der Waals surface area (Å²) >= 11 is 0. The molecule has 4 rings (SSSR count). The molecule has 4 nitrogen and oxygen atoms in total. The predicted octanol–water partition coefficient (Wildman–Crippen LogP) is 4.95. The number of aromatic amines is 1. The minimum Gasteiger partial charge on any atom is -0.385 e. The third-order valence-electron chi connectivity index (χ3n) is 5.71. The van der Waals surface area contributed by atoms with Crippen LogP contribution in [0.3, 0.4) is 0 Å². The molecule has 0 bridgehead atoms. The van der Waals surface area contributed by atoms with E-state index in [1.165, 1.54) is 12.3 Å². The molecule has 30 heavy (non-hydrogen) atoms. The van der Waals surface area contributed by atoms with Gasteiger partial charge in [0.15, 0.2) is 0 Å². The lowest BCUT2D eigenvalue weighted by atomic mass is 9.91. The molecular weight excluding hydrogens is 398 g/mol. The van der Waals surface area contributed by atoms with Gasteiger partial charge in [-0.05, 0) is 37.5 Å². The molecule has 8 heteroatoms. The van der Waals surface area contributed by atoms with E-state index in [-0.39, 0.29) is 25.7 Å². The number of rotatable bonds is 6. The summed E-state index contributed by atoms with van der Waals surface area (Å²) in [6, 6.07) is 9.93. The number of aliphatic hydroxyl groups is 1. The normalized spacial score (nSPS) is 17.5. The fourth-order valence-corrected chi connectivity index (χ4v) is 3.64. The molecule has 1 saturated carbocycles. The summed E-state index contributed by atoms with van der Waals surface area (Å²) in [7, 11) is 0. The molecule has 2 heterocycles. The van der Waals surface area contributed by atoms with Crippen LogP contribution in [0.4, 0.5) is 17.6 Å². The Kier molecular flexibility index (Phi) is 4.92. The monoisotopic (exact) mass is 419 g/mol. The molecule has 1 atom stereocenters. The van der Waals surface area contributed by atoms with Crippen molar-refractivity contribution in [3.05, 3.63) is 71.7 Å². The number of pyridine rings is 1. The Labute approximate surface area is 171 Å². The summed E-state index contributed by atoms with van der Waals surface area (Å²) in [5.41, 5.74) is -0.475. The van der Waals surface area contributed by atoms with Crippen LogP contribution >= 0.6 is 0 Å². The number of hydrogen-bond donors (Lipinski definition) is 2. The fourth-order valence-electron chi connectivity index (χ4n) is 3.64. The van der Waals surface area contributed by atoms with Gasteiger partial charge >= 0.3 is 6.18 Å². The first kappa shape index (κ1) is 20.5.